The van der Waals surface area contributed by atoms with E-state index in [0.717, 1.165) is 23.2 Å². The lowest BCUT2D eigenvalue weighted by Gasteiger charge is -2.31. The van der Waals surface area contributed by atoms with Gasteiger partial charge < -0.3 is 9.80 Å². The first-order valence-corrected chi connectivity index (χ1v) is 11.2. The molecule has 33 heavy (non-hydrogen) atoms. The molecule has 0 N–H and O–H groups in total. The third kappa shape index (κ3) is 3.69. The van der Waals surface area contributed by atoms with E-state index in [1.807, 2.05) is 80.5 Å². The van der Waals surface area contributed by atoms with Gasteiger partial charge in [-0.05, 0) is 48.2 Å². The number of benzene rings is 3. The van der Waals surface area contributed by atoms with E-state index in [0.29, 0.717) is 30.0 Å². The zero-order valence-electron chi connectivity index (χ0n) is 19.2. The minimum Gasteiger partial charge on any atom is -0.378 e. The molecule has 0 spiro atoms. The molecule has 2 amide bonds. The normalized spacial score (nSPS) is 15.8. The van der Waals surface area contributed by atoms with Crippen molar-refractivity contribution >= 4 is 28.8 Å². The Bertz CT molecular complexity index is 1270. The predicted octanol–water partition coefficient (Wildman–Crippen LogP) is 4.40. The summed E-state index contributed by atoms with van der Waals surface area (Å²) in [5.74, 6) is -0.528. The zero-order valence-corrected chi connectivity index (χ0v) is 19.2. The first-order chi connectivity index (χ1) is 15.9. The number of anilines is 2. The first-order valence-electron chi connectivity index (χ1n) is 11.2. The summed E-state index contributed by atoms with van der Waals surface area (Å²) in [6.45, 7) is 3.33. The van der Waals surface area contributed by atoms with Crippen LogP contribution in [0.4, 0.5) is 11.4 Å². The maximum Gasteiger partial charge on any atom is 0.282 e. The van der Waals surface area contributed by atoms with Crippen molar-refractivity contribution in [3.8, 4) is 0 Å². The highest BCUT2D eigenvalue weighted by atomic mass is 16.2. The first kappa shape index (κ1) is 21.0. The largest absolute Gasteiger partial charge is 0.378 e. The number of fused-ring (bicyclic) bond motifs is 1. The molecule has 0 saturated carbocycles. The molecule has 0 atom stereocenters. The van der Waals surface area contributed by atoms with Gasteiger partial charge in [0.05, 0.1) is 11.3 Å². The van der Waals surface area contributed by atoms with Crippen molar-refractivity contribution in [3.05, 3.63) is 101 Å². The standard InChI is InChI=1S/C28H27N3O2/c1-19-11-13-21(14-12-19)25-26(30-16-15-20-7-4-5-8-22(20)18-30)28(33)31(27(25)32)24-10-6-9-23(17-24)29(2)3/h4-14,17H,15-16,18H2,1-3H3. The summed E-state index contributed by atoms with van der Waals surface area (Å²) in [6.07, 6.45) is 0.846. The van der Waals surface area contributed by atoms with E-state index < -0.39 is 0 Å². The maximum absolute atomic E-state index is 13.9. The Morgan fingerprint density at radius 1 is 0.818 bits per heavy atom. The molecule has 2 heterocycles. The van der Waals surface area contributed by atoms with E-state index in [-0.39, 0.29) is 11.8 Å². The van der Waals surface area contributed by atoms with Crippen LogP contribution in [0.3, 0.4) is 0 Å². The van der Waals surface area contributed by atoms with Crippen molar-refractivity contribution in [2.45, 2.75) is 19.9 Å². The number of carbonyl (C=O) groups excluding carboxylic acids is 2. The Labute approximate surface area is 194 Å². The smallest absolute Gasteiger partial charge is 0.282 e. The van der Waals surface area contributed by atoms with Crippen molar-refractivity contribution in [1.82, 2.24) is 4.90 Å². The highest BCUT2D eigenvalue weighted by Crippen LogP contribution is 2.37. The Hall–Kier alpha value is -3.86. The van der Waals surface area contributed by atoms with E-state index in [4.69, 9.17) is 0 Å². The maximum atomic E-state index is 13.9. The van der Waals surface area contributed by atoms with Crippen LogP contribution in [-0.2, 0) is 22.6 Å². The molecule has 5 rings (SSSR count). The molecule has 2 aliphatic rings. The molecule has 0 aromatic heterocycles. The number of amides is 2. The average Bonchev–Trinajstić information content (AvgIpc) is 3.09. The number of imide groups is 1. The zero-order chi connectivity index (χ0) is 23.1. The molecule has 0 fully saturated rings. The summed E-state index contributed by atoms with van der Waals surface area (Å²) in [6, 6.07) is 23.7. The molecule has 0 bridgehead atoms. The molecule has 0 saturated heterocycles. The van der Waals surface area contributed by atoms with Gasteiger partial charge in [0.2, 0.25) is 0 Å². The molecule has 3 aromatic carbocycles. The minimum atomic E-state index is -0.270. The highest BCUT2D eigenvalue weighted by Gasteiger charge is 2.43. The van der Waals surface area contributed by atoms with Gasteiger partial charge in [-0.3, -0.25) is 9.59 Å². The molecule has 166 valence electrons. The molecule has 5 nitrogen and oxygen atoms in total. The van der Waals surface area contributed by atoms with Crippen LogP contribution in [0.15, 0.2) is 78.5 Å². The number of nitrogens with zero attached hydrogens (tertiary/aromatic N) is 3. The fourth-order valence-electron chi connectivity index (χ4n) is 4.62. The molecule has 0 aliphatic carbocycles. The van der Waals surface area contributed by atoms with Gasteiger partial charge >= 0.3 is 0 Å². The van der Waals surface area contributed by atoms with Crippen LogP contribution in [0, 0.1) is 6.92 Å². The van der Waals surface area contributed by atoms with E-state index in [1.54, 1.807) is 0 Å². The van der Waals surface area contributed by atoms with E-state index in [2.05, 4.69) is 23.1 Å². The van der Waals surface area contributed by atoms with Gasteiger partial charge in [0, 0.05) is 32.9 Å². The lowest BCUT2D eigenvalue weighted by molar-refractivity contribution is -0.120. The predicted molar refractivity (Wildman–Crippen MR) is 132 cm³/mol. The minimum absolute atomic E-state index is 0.258. The molecular formula is C28H27N3O2. The van der Waals surface area contributed by atoms with Gasteiger partial charge in [-0.2, -0.15) is 0 Å². The fourth-order valence-corrected chi connectivity index (χ4v) is 4.62. The van der Waals surface area contributed by atoms with Gasteiger partial charge in [-0.25, -0.2) is 4.90 Å². The molecule has 3 aromatic rings. The summed E-state index contributed by atoms with van der Waals surface area (Å²) in [4.78, 5) is 33.0. The lowest BCUT2D eigenvalue weighted by Crippen LogP contribution is -2.37. The van der Waals surface area contributed by atoms with Crippen molar-refractivity contribution < 1.29 is 9.59 Å². The van der Waals surface area contributed by atoms with Crippen molar-refractivity contribution in [2.24, 2.45) is 0 Å². The average molecular weight is 438 g/mol. The second-order valence-electron chi connectivity index (χ2n) is 8.89. The second kappa shape index (κ2) is 8.24. The Balaban J connectivity index is 1.61. The third-order valence-electron chi connectivity index (χ3n) is 6.45. The van der Waals surface area contributed by atoms with Crippen LogP contribution < -0.4 is 9.80 Å². The third-order valence-corrected chi connectivity index (χ3v) is 6.45. The van der Waals surface area contributed by atoms with E-state index in [9.17, 15) is 9.59 Å². The number of aryl methyl sites for hydroxylation is 1. The van der Waals surface area contributed by atoms with Crippen LogP contribution in [0.2, 0.25) is 0 Å². The number of hydrogen-bond acceptors (Lipinski definition) is 4. The second-order valence-corrected chi connectivity index (χ2v) is 8.89. The summed E-state index contributed by atoms with van der Waals surface area (Å²) in [5.41, 5.74) is 6.90. The number of hydrogen-bond donors (Lipinski definition) is 0. The quantitative estimate of drug-likeness (QED) is 0.568. The monoisotopic (exact) mass is 437 g/mol. The highest BCUT2D eigenvalue weighted by molar-refractivity contribution is 6.45. The van der Waals surface area contributed by atoms with Crippen LogP contribution in [0.1, 0.15) is 22.3 Å². The SMILES string of the molecule is Cc1ccc(C2=C(N3CCc4ccccc4C3)C(=O)N(c3cccc(N(C)C)c3)C2=O)cc1. The molecule has 0 radical (unpaired) electrons. The number of carbonyl (C=O) groups is 2. The van der Waals surface area contributed by atoms with Crippen molar-refractivity contribution in [2.75, 3.05) is 30.4 Å². The van der Waals surface area contributed by atoms with Gasteiger partial charge in [0.1, 0.15) is 5.70 Å². The van der Waals surface area contributed by atoms with Crippen LogP contribution in [-0.4, -0.2) is 37.4 Å². The van der Waals surface area contributed by atoms with Gasteiger partial charge in [0.15, 0.2) is 0 Å². The Morgan fingerprint density at radius 3 is 2.27 bits per heavy atom. The van der Waals surface area contributed by atoms with Crippen molar-refractivity contribution in [3.63, 3.8) is 0 Å². The topological polar surface area (TPSA) is 43.9 Å². The summed E-state index contributed by atoms with van der Waals surface area (Å²) in [5, 5.41) is 0. The molecule has 2 aliphatic heterocycles. The molecule has 5 heteroatoms. The summed E-state index contributed by atoms with van der Waals surface area (Å²) >= 11 is 0. The van der Waals surface area contributed by atoms with Gasteiger partial charge in [-0.1, -0.05) is 60.2 Å². The van der Waals surface area contributed by atoms with Gasteiger partial charge in [-0.15, -0.1) is 0 Å². The summed E-state index contributed by atoms with van der Waals surface area (Å²) < 4.78 is 0. The lowest BCUT2D eigenvalue weighted by atomic mass is 9.97. The summed E-state index contributed by atoms with van der Waals surface area (Å²) in [7, 11) is 3.89. The van der Waals surface area contributed by atoms with Gasteiger partial charge in [0.25, 0.3) is 11.8 Å². The van der Waals surface area contributed by atoms with Crippen LogP contribution >= 0.6 is 0 Å². The van der Waals surface area contributed by atoms with E-state index in [1.165, 1.54) is 16.0 Å². The fraction of sp³-hybridized carbons (Fsp3) is 0.214. The molecular weight excluding hydrogens is 410 g/mol. The van der Waals surface area contributed by atoms with Crippen LogP contribution in [0.5, 0.6) is 0 Å². The molecule has 0 unspecified atom stereocenters. The van der Waals surface area contributed by atoms with Crippen molar-refractivity contribution in [1.29, 1.82) is 0 Å². The number of rotatable bonds is 4. The Kier molecular flexibility index (Phi) is 5.25. The Morgan fingerprint density at radius 2 is 1.55 bits per heavy atom. The van der Waals surface area contributed by atoms with Crippen LogP contribution in [0.25, 0.3) is 5.57 Å². The van der Waals surface area contributed by atoms with E-state index >= 15 is 0 Å².